The largest absolute Gasteiger partial charge is 0.478 e. The van der Waals surface area contributed by atoms with Gasteiger partial charge in [0.2, 0.25) is 15.7 Å². The van der Waals surface area contributed by atoms with Crippen molar-refractivity contribution in [2.75, 3.05) is 19.4 Å². The molecule has 1 aliphatic rings. The lowest BCUT2D eigenvalue weighted by Crippen LogP contribution is -2.22. The fourth-order valence-electron chi connectivity index (χ4n) is 4.21. The van der Waals surface area contributed by atoms with E-state index in [1.165, 1.54) is 23.1 Å². The van der Waals surface area contributed by atoms with Crippen molar-refractivity contribution < 1.29 is 27.9 Å². The number of carboxylic acids is 1. The molecule has 1 aromatic heterocycles. The molecule has 186 valence electrons. The van der Waals surface area contributed by atoms with Gasteiger partial charge in [0.1, 0.15) is 0 Å². The molecule has 0 saturated carbocycles. The van der Waals surface area contributed by atoms with E-state index in [2.05, 4.69) is 10.3 Å². The Morgan fingerprint density at radius 3 is 2.50 bits per heavy atom. The summed E-state index contributed by atoms with van der Waals surface area (Å²) in [6.45, 7) is 1.59. The summed E-state index contributed by atoms with van der Waals surface area (Å²) in [6.07, 6.45) is 1.73. The number of aromatic carboxylic acids is 1. The van der Waals surface area contributed by atoms with Crippen LogP contribution < -0.4 is 5.32 Å². The number of rotatable bonds is 7. The SMILES string of the molecule is Cc1[nH]c(/C=C2\C(=O)Nc3ccccc32)c(CCC(=O)N(C)C)c1S(=O)(=O)c1cccc(C(=O)O)c1. The number of nitrogens with one attached hydrogen (secondary N) is 2. The van der Waals surface area contributed by atoms with Crippen molar-refractivity contribution >= 4 is 45.0 Å². The quantitative estimate of drug-likeness (QED) is 0.420. The van der Waals surface area contributed by atoms with Crippen LogP contribution in [0.25, 0.3) is 11.6 Å². The maximum atomic E-state index is 13.7. The highest BCUT2D eigenvalue weighted by molar-refractivity contribution is 7.91. The fraction of sp³-hybridized carbons (Fsp3) is 0.192. The Hall–Kier alpha value is -4.18. The zero-order valence-electron chi connectivity index (χ0n) is 20.0. The first kappa shape index (κ1) is 24.9. The number of carbonyl (C=O) groups excluding carboxylic acids is 2. The number of aromatic amines is 1. The lowest BCUT2D eigenvalue weighted by atomic mass is 10.0. The number of sulfone groups is 1. The highest BCUT2D eigenvalue weighted by atomic mass is 32.2. The topological polar surface area (TPSA) is 137 Å². The van der Waals surface area contributed by atoms with Gasteiger partial charge in [-0.25, -0.2) is 13.2 Å². The number of amides is 2. The molecule has 0 radical (unpaired) electrons. The van der Waals surface area contributed by atoms with Crippen LogP contribution in [-0.4, -0.2) is 55.3 Å². The van der Waals surface area contributed by atoms with Gasteiger partial charge in [0.05, 0.1) is 20.9 Å². The normalized spacial score (nSPS) is 14.0. The number of fused-ring (bicyclic) bond motifs is 1. The van der Waals surface area contributed by atoms with E-state index in [0.29, 0.717) is 33.8 Å². The molecule has 0 fully saturated rings. The minimum absolute atomic E-state index is 0.0323. The molecular weight excluding hydrogens is 482 g/mol. The van der Waals surface area contributed by atoms with E-state index in [0.717, 1.165) is 6.07 Å². The fourth-order valence-corrected chi connectivity index (χ4v) is 5.98. The molecule has 9 nitrogen and oxygen atoms in total. The summed E-state index contributed by atoms with van der Waals surface area (Å²) >= 11 is 0. The van der Waals surface area contributed by atoms with E-state index < -0.39 is 15.8 Å². The summed E-state index contributed by atoms with van der Waals surface area (Å²) in [7, 11) is -0.934. The summed E-state index contributed by atoms with van der Waals surface area (Å²) in [6, 6.07) is 12.3. The summed E-state index contributed by atoms with van der Waals surface area (Å²) < 4.78 is 27.5. The Morgan fingerprint density at radius 1 is 1.08 bits per heavy atom. The van der Waals surface area contributed by atoms with Gasteiger partial charge in [-0.3, -0.25) is 9.59 Å². The van der Waals surface area contributed by atoms with Crippen molar-refractivity contribution in [3.63, 3.8) is 0 Å². The second-order valence-corrected chi connectivity index (χ2v) is 10.5. The number of hydrogen-bond acceptors (Lipinski definition) is 5. The number of benzene rings is 2. The Bertz CT molecular complexity index is 1530. The van der Waals surface area contributed by atoms with Crippen molar-refractivity contribution in [1.82, 2.24) is 9.88 Å². The number of para-hydroxylation sites is 1. The molecule has 3 N–H and O–H groups in total. The van der Waals surface area contributed by atoms with E-state index in [1.807, 2.05) is 0 Å². The maximum absolute atomic E-state index is 13.7. The first-order valence-electron chi connectivity index (χ1n) is 11.1. The average Bonchev–Trinajstić information content (AvgIpc) is 3.33. The third kappa shape index (κ3) is 4.55. The highest BCUT2D eigenvalue weighted by Crippen LogP contribution is 2.36. The zero-order chi connectivity index (χ0) is 26.2. The van der Waals surface area contributed by atoms with Crippen molar-refractivity contribution in [2.24, 2.45) is 0 Å². The molecule has 0 saturated heterocycles. The average molecular weight is 508 g/mol. The number of H-pyrrole nitrogens is 1. The van der Waals surface area contributed by atoms with E-state index >= 15 is 0 Å². The second-order valence-electron chi connectivity index (χ2n) is 8.65. The van der Waals surface area contributed by atoms with Gasteiger partial charge in [-0.05, 0) is 49.2 Å². The molecule has 0 aliphatic carbocycles. The molecule has 3 aromatic rings. The van der Waals surface area contributed by atoms with Gasteiger partial charge in [0.15, 0.2) is 0 Å². The van der Waals surface area contributed by atoms with Crippen molar-refractivity contribution in [1.29, 1.82) is 0 Å². The van der Waals surface area contributed by atoms with Gasteiger partial charge in [-0.15, -0.1) is 0 Å². The lowest BCUT2D eigenvalue weighted by Gasteiger charge is -2.12. The molecule has 36 heavy (non-hydrogen) atoms. The number of aryl methyl sites for hydroxylation is 1. The van der Waals surface area contributed by atoms with E-state index in [4.69, 9.17) is 0 Å². The Labute approximate surface area is 208 Å². The Kier molecular flexibility index (Phi) is 6.55. The number of carboxylic acid groups (broad SMARTS) is 1. The first-order valence-corrected chi connectivity index (χ1v) is 12.6. The Balaban J connectivity index is 1.89. The second kappa shape index (κ2) is 9.46. The summed E-state index contributed by atoms with van der Waals surface area (Å²) in [5, 5.41) is 12.1. The van der Waals surface area contributed by atoms with Crippen LogP contribution in [0.3, 0.4) is 0 Å². The van der Waals surface area contributed by atoms with Crippen LogP contribution in [0, 0.1) is 6.92 Å². The molecular formula is C26H25N3O6S. The molecule has 2 aromatic carbocycles. The molecule has 0 spiro atoms. The molecule has 0 unspecified atom stereocenters. The first-order chi connectivity index (χ1) is 17.0. The van der Waals surface area contributed by atoms with E-state index in [1.54, 1.807) is 51.4 Å². The van der Waals surface area contributed by atoms with Crippen molar-refractivity contribution in [2.45, 2.75) is 29.6 Å². The van der Waals surface area contributed by atoms with E-state index in [9.17, 15) is 27.9 Å². The molecule has 4 rings (SSSR count). The summed E-state index contributed by atoms with van der Waals surface area (Å²) in [5.41, 5.74) is 2.62. The number of hydrogen-bond donors (Lipinski definition) is 3. The van der Waals surface area contributed by atoms with Crippen LogP contribution in [0.5, 0.6) is 0 Å². The smallest absolute Gasteiger partial charge is 0.335 e. The maximum Gasteiger partial charge on any atom is 0.335 e. The van der Waals surface area contributed by atoms with Gasteiger partial charge < -0.3 is 20.3 Å². The van der Waals surface area contributed by atoms with Gasteiger partial charge >= 0.3 is 5.97 Å². The van der Waals surface area contributed by atoms with Gasteiger partial charge in [-0.2, -0.15) is 0 Å². The van der Waals surface area contributed by atoms with Crippen LogP contribution >= 0.6 is 0 Å². The number of carbonyl (C=O) groups is 3. The molecule has 10 heteroatoms. The van der Waals surface area contributed by atoms with Gasteiger partial charge in [-0.1, -0.05) is 24.3 Å². The van der Waals surface area contributed by atoms with Crippen LogP contribution in [0.1, 0.15) is 39.3 Å². The highest BCUT2D eigenvalue weighted by Gasteiger charge is 2.30. The minimum atomic E-state index is -4.16. The Morgan fingerprint density at radius 2 is 1.81 bits per heavy atom. The van der Waals surface area contributed by atoms with E-state index in [-0.39, 0.29) is 40.0 Å². The van der Waals surface area contributed by atoms with Gasteiger partial charge in [0.25, 0.3) is 5.91 Å². The predicted octanol–water partition coefficient (Wildman–Crippen LogP) is 3.37. The minimum Gasteiger partial charge on any atom is -0.478 e. The molecule has 2 heterocycles. The standard InChI is InChI=1S/C26H25N3O6S/c1-15-24(36(34,35)17-8-6-7-16(13-17)26(32)33)19(11-12-23(30)29(2)3)22(27-15)14-20-18-9-4-5-10-21(18)28-25(20)31/h4-10,13-14,27H,11-12H2,1-3H3,(H,28,31)(H,32,33)/b20-14-. The number of aromatic nitrogens is 1. The number of anilines is 1. The number of nitrogens with zero attached hydrogens (tertiary/aromatic N) is 1. The third-order valence-corrected chi connectivity index (χ3v) is 7.97. The molecule has 0 atom stereocenters. The predicted molar refractivity (Wildman–Crippen MR) is 134 cm³/mol. The molecule has 2 amide bonds. The lowest BCUT2D eigenvalue weighted by molar-refractivity contribution is -0.128. The molecule has 1 aliphatic heterocycles. The van der Waals surface area contributed by atoms with Crippen LogP contribution in [-0.2, 0) is 25.8 Å². The van der Waals surface area contributed by atoms with Crippen LogP contribution in [0.2, 0.25) is 0 Å². The summed E-state index contributed by atoms with van der Waals surface area (Å²) in [5.74, 6) is -1.75. The molecule has 0 bridgehead atoms. The monoisotopic (exact) mass is 507 g/mol. The zero-order valence-corrected chi connectivity index (χ0v) is 20.8. The van der Waals surface area contributed by atoms with Crippen molar-refractivity contribution in [3.05, 3.63) is 76.6 Å². The summed E-state index contributed by atoms with van der Waals surface area (Å²) in [4.78, 5) is 40.8. The van der Waals surface area contributed by atoms with Gasteiger partial charge in [0, 0.05) is 43.2 Å². The van der Waals surface area contributed by atoms with Crippen LogP contribution in [0.4, 0.5) is 5.69 Å². The third-order valence-electron chi connectivity index (χ3n) is 6.01. The van der Waals surface area contributed by atoms with Crippen molar-refractivity contribution in [3.8, 4) is 0 Å². The van der Waals surface area contributed by atoms with Crippen LogP contribution in [0.15, 0.2) is 58.3 Å².